The molecular weight excluding hydrogens is 424 g/mol. The lowest BCUT2D eigenvalue weighted by atomic mass is 10.2. The van der Waals surface area contributed by atoms with Crippen LogP contribution in [-0.2, 0) is 11.2 Å². The fourth-order valence-corrected chi connectivity index (χ4v) is 4.49. The highest BCUT2D eigenvalue weighted by molar-refractivity contribution is 7.20. The number of fused-ring (bicyclic) bond motifs is 1. The molecule has 0 unspecified atom stereocenters. The van der Waals surface area contributed by atoms with Gasteiger partial charge in [-0.25, -0.2) is 9.48 Å². The van der Waals surface area contributed by atoms with Crippen molar-refractivity contribution in [2.75, 3.05) is 6.61 Å². The standard InChI is InChI=1S/C24H20N4O3S/c1-16-19-15-20(32-23(19)28(26-16)18-11-6-3-7-12-18)24(29)30-14-8-13-21-25-22(27-31-21)17-9-4-2-5-10-17/h2-7,9-12,15H,8,13-14H2,1H3. The first-order valence-corrected chi connectivity index (χ1v) is 11.1. The van der Waals surface area contributed by atoms with Gasteiger partial charge in [0.2, 0.25) is 11.7 Å². The van der Waals surface area contributed by atoms with Gasteiger partial charge >= 0.3 is 5.97 Å². The Kier molecular flexibility index (Phi) is 5.51. The van der Waals surface area contributed by atoms with E-state index in [-0.39, 0.29) is 12.6 Å². The molecule has 0 aliphatic rings. The second-order valence-electron chi connectivity index (χ2n) is 7.28. The number of nitrogens with zero attached hydrogens (tertiary/aromatic N) is 4. The van der Waals surface area contributed by atoms with Crippen molar-refractivity contribution in [3.63, 3.8) is 0 Å². The summed E-state index contributed by atoms with van der Waals surface area (Å²) in [7, 11) is 0. The van der Waals surface area contributed by atoms with Crippen molar-refractivity contribution < 1.29 is 14.1 Å². The van der Waals surface area contributed by atoms with Crippen molar-refractivity contribution in [3.05, 3.63) is 83.2 Å². The van der Waals surface area contributed by atoms with Crippen LogP contribution >= 0.6 is 11.3 Å². The van der Waals surface area contributed by atoms with Gasteiger partial charge in [0.05, 0.1) is 18.0 Å². The molecule has 5 aromatic rings. The smallest absolute Gasteiger partial charge is 0.348 e. The lowest BCUT2D eigenvalue weighted by molar-refractivity contribution is 0.0504. The number of carbonyl (C=O) groups is 1. The Morgan fingerprint density at radius 3 is 2.62 bits per heavy atom. The molecule has 0 amide bonds. The summed E-state index contributed by atoms with van der Waals surface area (Å²) in [4.78, 5) is 18.5. The van der Waals surface area contributed by atoms with Gasteiger partial charge in [0.15, 0.2) is 0 Å². The summed E-state index contributed by atoms with van der Waals surface area (Å²) in [5.41, 5.74) is 2.75. The maximum atomic E-state index is 12.6. The summed E-state index contributed by atoms with van der Waals surface area (Å²) in [6, 6.07) is 21.4. The molecule has 0 radical (unpaired) electrons. The molecule has 32 heavy (non-hydrogen) atoms. The van der Waals surface area contributed by atoms with E-state index in [1.807, 2.05) is 78.3 Å². The summed E-state index contributed by atoms with van der Waals surface area (Å²) in [5.74, 6) is 0.756. The lowest BCUT2D eigenvalue weighted by Gasteiger charge is -2.02. The van der Waals surface area contributed by atoms with Gasteiger partial charge in [-0.15, -0.1) is 11.3 Å². The van der Waals surface area contributed by atoms with E-state index in [1.165, 1.54) is 11.3 Å². The highest BCUT2D eigenvalue weighted by Gasteiger charge is 2.18. The number of thiophene rings is 1. The molecule has 0 aliphatic carbocycles. The average molecular weight is 445 g/mol. The van der Waals surface area contributed by atoms with Gasteiger partial charge in [-0.3, -0.25) is 0 Å². The van der Waals surface area contributed by atoms with Crippen molar-refractivity contribution in [3.8, 4) is 17.1 Å². The highest BCUT2D eigenvalue weighted by Crippen LogP contribution is 2.30. The zero-order chi connectivity index (χ0) is 21.9. The average Bonchev–Trinajstić information content (AvgIpc) is 3.55. The van der Waals surface area contributed by atoms with Crippen LogP contribution in [0.3, 0.4) is 0 Å². The van der Waals surface area contributed by atoms with Crippen molar-refractivity contribution in [2.45, 2.75) is 19.8 Å². The van der Waals surface area contributed by atoms with Crippen molar-refractivity contribution in [1.82, 2.24) is 19.9 Å². The van der Waals surface area contributed by atoms with Crippen LogP contribution in [0.15, 0.2) is 71.3 Å². The zero-order valence-corrected chi connectivity index (χ0v) is 18.2. The van der Waals surface area contributed by atoms with Crippen LogP contribution < -0.4 is 0 Å². The quantitative estimate of drug-likeness (QED) is 0.252. The Balaban J connectivity index is 1.20. The largest absolute Gasteiger partial charge is 0.461 e. The molecule has 0 saturated heterocycles. The van der Waals surface area contributed by atoms with E-state index in [9.17, 15) is 4.79 Å². The number of hydrogen-bond donors (Lipinski definition) is 0. The maximum absolute atomic E-state index is 12.6. The SMILES string of the molecule is Cc1nn(-c2ccccc2)c2sc(C(=O)OCCCc3nc(-c4ccccc4)no3)cc12. The minimum Gasteiger partial charge on any atom is -0.461 e. The molecule has 3 aromatic heterocycles. The van der Waals surface area contributed by atoms with Crippen LogP contribution in [0.25, 0.3) is 27.3 Å². The Labute approximate surface area is 188 Å². The van der Waals surface area contributed by atoms with E-state index in [2.05, 4.69) is 15.2 Å². The number of benzene rings is 2. The third-order valence-corrected chi connectivity index (χ3v) is 6.11. The van der Waals surface area contributed by atoms with E-state index < -0.39 is 0 Å². The molecule has 0 saturated carbocycles. The van der Waals surface area contributed by atoms with Gasteiger partial charge in [0.1, 0.15) is 9.71 Å². The number of ether oxygens (including phenoxy) is 1. The van der Waals surface area contributed by atoms with Crippen LogP contribution in [0.1, 0.15) is 27.7 Å². The van der Waals surface area contributed by atoms with Gasteiger partial charge in [0, 0.05) is 17.4 Å². The number of carbonyl (C=O) groups excluding carboxylic acids is 1. The Bertz CT molecular complexity index is 1360. The van der Waals surface area contributed by atoms with E-state index in [1.54, 1.807) is 0 Å². The van der Waals surface area contributed by atoms with Gasteiger partial charge in [0.25, 0.3) is 0 Å². The first kappa shape index (κ1) is 20.1. The van der Waals surface area contributed by atoms with Crippen molar-refractivity contribution in [2.24, 2.45) is 0 Å². The third kappa shape index (κ3) is 4.04. The summed E-state index contributed by atoms with van der Waals surface area (Å²) in [6.07, 6.45) is 1.14. The van der Waals surface area contributed by atoms with E-state index in [0.717, 1.165) is 27.2 Å². The van der Waals surface area contributed by atoms with E-state index >= 15 is 0 Å². The van der Waals surface area contributed by atoms with Crippen LogP contribution in [0.4, 0.5) is 0 Å². The second-order valence-corrected chi connectivity index (χ2v) is 8.31. The minimum absolute atomic E-state index is 0.278. The van der Waals surface area contributed by atoms with Gasteiger partial charge in [-0.2, -0.15) is 10.1 Å². The van der Waals surface area contributed by atoms with Crippen LogP contribution in [0, 0.1) is 6.92 Å². The maximum Gasteiger partial charge on any atom is 0.348 e. The Morgan fingerprint density at radius 2 is 1.84 bits per heavy atom. The molecule has 0 aliphatic heterocycles. The number of esters is 1. The molecule has 0 spiro atoms. The molecular formula is C24H20N4O3S. The second kappa shape index (κ2) is 8.76. The van der Waals surface area contributed by atoms with Crippen molar-refractivity contribution in [1.29, 1.82) is 0 Å². The van der Waals surface area contributed by atoms with Crippen LogP contribution in [0.5, 0.6) is 0 Å². The first-order chi connectivity index (χ1) is 15.7. The topological polar surface area (TPSA) is 83.0 Å². The number of aryl methyl sites for hydroxylation is 2. The fourth-order valence-electron chi connectivity index (χ4n) is 3.41. The minimum atomic E-state index is -0.333. The monoisotopic (exact) mass is 444 g/mol. The van der Waals surface area contributed by atoms with Gasteiger partial charge in [-0.05, 0) is 31.5 Å². The zero-order valence-electron chi connectivity index (χ0n) is 17.4. The Hall–Kier alpha value is -3.78. The molecule has 160 valence electrons. The van der Waals surface area contributed by atoms with Gasteiger partial charge < -0.3 is 9.26 Å². The van der Waals surface area contributed by atoms with Crippen LogP contribution in [0.2, 0.25) is 0 Å². The summed E-state index contributed by atoms with van der Waals surface area (Å²) in [6.45, 7) is 2.22. The molecule has 5 rings (SSSR count). The number of hydrogen-bond acceptors (Lipinski definition) is 7. The molecule has 0 bridgehead atoms. The molecule has 3 heterocycles. The molecule has 0 fully saturated rings. The van der Waals surface area contributed by atoms with E-state index in [0.29, 0.717) is 29.4 Å². The summed E-state index contributed by atoms with van der Waals surface area (Å²) >= 11 is 1.39. The van der Waals surface area contributed by atoms with E-state index in [4.69, 9.17) is 9.26 Å². The Morgan fingerprint density at radius 1 is 1.09 bits per heavy atom. The molecule has 7 nitrogen and oxygen atoms in total. The normalized spacial score (nSPS) is 11.2. The summed E-state index contributed by atoms with van der Waals surface area (Å²) in [5, 5.41) is 9.58. The number of rotatable bonds is 7. The van der Waals surface area contributed by atoms with Crippen molar-refractivity contribution >= 4 is 27.5 Å². The lowest BCUT2D eigenvalue weighted by Crippen LogP contribution is -2.05. The molecule has 8 heteroatoms. The predicted octanol–water partition coefficient (Wildman–Crippen LogP) is 5.24. The molecule has 0 N–H and O–H groups in total. The first-order valence-electron chi connectivity index (χ1n) is 10.3. The number of para-hydroxylation sites is 1. The summed E-state index contributed by atoms with van der Waals surface area (Å²) < 4.78 is 12.6. The third-order valence-electron chi connectivity index (χ3n) is 5.01. The van der Waals surface area contributed by atoms with Gasteiger partial charge in [-0.1, -0.05) is 53.7 Å². The molecule has 2 aromatic carbocycles. The fraction of sp³-hybridized carbons (Fsp3) is 0.167. The number of aromatic nitrogens is 4. The predicted molar refractivity (Wildman–Crippen MR) is 122 cm³/mol. The highest BCUT2D eigenvalue weighted by atomic mass is 32.1. The van der Waals surface area contributed by atoms with Crippen LogP contribution in [-0.4, -0.2) is 32.5 Å². The molecule has 0 atom stereocenters.